The Hall–Kier alpha value is -2.36. The predicted octanol–water partition coefficient (Wildman–Crippen LogP) is 3.10. The molecule has 2 aromatic carbocycles. The fraction of sp³-hybridized carbons (Fsp3) is 0.235. The minimum absolute atomic E-state index is 0.214. The molecule has 1 aliphatic heterocycles. The number of anilines is 1. The van der Waals surface area contributed by atoms with E-state index in [1.54, 1.807) is 6.07 Å². The third-order valence-electron chi connectivity index (χ3n) is 4.06. The van der Waals surface area contributed by atoms with E-state index in [9.17, 15) is 4.39 Å². The van der Waals surface area contributed by atoms with Crippen LogP contribution in [-0.4, -0.2) is 18.9 Å². The molecule has 1 fully saturated rings. The molecule has 0 saturated carbocycles. The molecule has 1 aliphatic rings. The molecule has 1 heterocycles. The van der Waals surface area contributed by atoms with Crippen LogP contribution in [0.4, 0.5) is 10.1 Å². The molecule has 3 rings (SSSR count). The van der Waals surface area contributed by atoms with E-state index in [0.29, 0.717) is 5.92 Å². The molecule has 3 N–H and O–H groups in total. The quantitative estimate of drug-likeness (QED) is 0.672. The maximum atomic E-state index is 13.9. The standard InChI is InChI=1S/C17H18FN3/c18-14-7-4-8-15(16(14)17(19)20)21-10-9-13(11-21)12-5-2-1-3-6-12/h1-8,13H,9-11H2,(H3,19,20). The number of hydrogen-bond acceptors (Lipinski definition) is 2. The zero-order valence-electron chi connectivity index (χ0n) is 11.7. The molecule has 0 bridgehead atoms. The lowest BCUT2D eigenvalue weighted by molar-refractivity contribution is 0.624. The molecule has 0 aromatic heterocycles. The molecule has 0 aliphatic carbocycles. The molecule has 0 amide bonds. The van der Waals surface area contributed by atoms with Crippen molar-refractivity contribution in [1.82, 2.24) is 0 Å². The van der Waals surface area contributed by atoms with Crippen molar-refractivity contribution in [3.63, 3.8) is 0 Å². The highest BCUT2D eigenvalue weighted by Gasteiger charge is 2.26. The van der Waals surface area contributed by atoms with Crippen LogP contribution < -0.4 is 10.6 Å². The van der Waals surface area contributed by atoms with Crippen molar-refractivity contribution in [3.8, 4) is 0 Å². The number of nitrogen functional groups attached to an aromatic ring is 1. The van der Waals surface area contributed by atoms with Crippen LogP contribution in [0.2, 0.25) is 0 Å². The Kier molecular flexibility index (Phi) is 3.60. The Balaban J connectivity index is 1.87. The van der Waals surface area contributed by atoms with Gasteiger partial charge < -0.3 is 10.6 Å². The van der Waals surface area contributed by atoms with Gasteiger partial charge >= 0.3 is 0 Å². The number of hydrogen-bond donors (Lipinski definition) is 2. The monoisotopic (exact) mass is 283 g/mol. The topological polar surface area (TPSA) is 53.1 Å². The summed E-state index contributed by atoms with van der Waals surface area (Å²) in [6.45, 7) is 1.68. The average Bonchev–Trinajstić information content (AvgIpc) is 2.97. The van der Waals surface area contributed by atoms with Crippen LogP contribution in [0.5, 0.6) is 0 Å². The van der Waals surface area contributed by atoms with Crippen LogP contribution in [0.1, 0.15) is 23.5 Å². The molecule has 2 aromatic rings. The molecular formula is C17H18FN3. The molecule has 3 nitrogen and oxygen atoms in total. The number of nitrogens with two attached hydrogens (primary N) is 1. The minimum atomic E-state index is -0.428. The van der Waals surface area contributed by atoms with Crippen molar-refractivity contribution in [2.24, 2.45) is 5.73 Å². The van der Waals surface area contributed by atoms with Gasteiger partial charge in [-0.15, -0.1) is 0 Å². The summed E-state index contributed by atoms with van der Waals surface area (Å²) in [6.07, 6.45) is 1.03. The predicted molar refractivity (Wildman–Crippen MR) is 83.4 cm³/mol. The van der Waals surface area contributed by atoms with Gasteiger partial charge in [-0.05, 0) is 24.1 Å². The van der Waals surface area contributed by atoms with Gasteiger partial charge in [0, 0.05) is 19.0 Å². The van der Waals surface area contributed by atoms with Gasteiger partial charge in [0.05, 0.1) is 11.3 Å². The van der Waals surface area contributed by atoms with Gasteiger partial charge in [0.25, 0.3) is 0 Å². The van der Waals surface area contributed by atoms with E-state index in [0.717, 1.165) is 25.2 Å². The van der Waals surface area contributed by atoms with Gasteiger partial charge in [-0.2, -0.15) is 0 Å². The molecular weight excluding hydrogens is 265 g/mol. The van der Waals surface area contributed by atoms with Crippen molar-refractivity contribution < 1.29 is 4.39 Å². The summed E-state index contributed by atoms with van der Waals surface area (Å²) in [5.41, 5.74) is 7.79. The average molecular weight is 283 g/mol. The molecule has 1 unspecified atom stereocenters. The molecule has 0 spiro atoms. The second-order valence-corrected chi connectivity index (χ2v) is 5.39. The Bertz CT molecular complexity index is 654. The van der Waals surface area contributed by atoms with Crippen LogP contribution in [0.3, 0.4) is 0 Å². The number of benzene rings is 2. The first-order chi connectivity index (χ1) is 10.2. The molecule has 0 radical (unpaired) electrons. The summed E-state index contributed by atoms with van der Waals surface area (Å²) in [5, 5.41) is 7.61. The van der Waals surface area contributed by atoms with Crippen LogP contribution in [-0.2, 0) is 0 Å². The minimum Gasteiger partial charge on any atom is -0.384 e. The summed E-state index contributed by atoms with van der Waals surface area (Å²) >= 11 is 0. The first-order valence-electron chi connectivity index (χ1n) is 7.09. The number of amidine groups is 1. The summed E-state index contributed by atoms with van der Waals surface area (Å²) in [4.78, 5) is 2.12. The maximum absolute atomic E-state index is 13.9. The van der Waals surface area contributed by atoms with Crippen LogP contribution in [0.15, 0.2) is 48.5 Å². The van der Waals surface area contributed by atoms with Crippen molar-refractivity contribution in [3.05, 3.63) is 65.5 Å². The van der Waals surface area contributed by atoms with Crippen molar-refractivity contribution >= 4 is 11.5 Å². The first-order valence-corrected chi connectivity index (χ1v) is 7.09. The fourth-order valence-corrected chi connectivity index (χ4v) is 3.02. The van der Waals surface area contributed by atoms with Crippen LogP contribution in [0, 0.1) is 11.2 Å². The Morgan fingerprint density at radius 2 is 1.90 bits per heavy atom. The lowest BCUT2D eigenvalue weighted by atomic mass is 9.99. The van der Waals surface area contributed by atoms with Gasteiger partial charge in [-0.1, -0.05) is 36.4 Å². The largest absolute Gasteiger partial charge is 0.384 e. The highest BCUT2D eigenvalue weighted by atomic mass is 19.1. The van der Waals surface area contributed by atoms with E-state index in [2.05, 4.69) is 17.0 Å². The molecule has 108 valence electrons. The Morgan fingerprint density at radius 1 is 1.14 bits per heavy atom. The van der Waals surface area contributed by atoms with Gasteiger partial charge in [0.1, 0.15) is 11.7 Å². The Morgan fingerprint density at radius 3 is 2.62 bits per heavy atom. The zero-order valence-corrected chi connectivity index (χ0v) is 11.7. The van der Waals surface area contributed by atoms with E-state index in [4.69, 9.17) is 11.1 Å². The normalized spacial score (nSPS) is 18.0. The molecule has 4 heteroatoms. The SMILES string of the molecule is N=C(N)c1c(F)cccc1N1CCC(c2ccccc2)C1. The van der Waals surface area contributed by atoms with E-state index < -0.39 is 5.82 Å². The summed E-state index contributed by atoms with van der Waals surface area (Å²) < 4.78 is 13.9. The molecule has 21 heavy (non-hydrogen) atoms. The second-order valence-electron chi connectivity index (χ2n) is 5.39. The van der Waals surface area contributed by atoms with Gasteiger partial charge in [0.15, 0.2) is 0 Å². The summed E-state index contributed by atoms with van der Waals surface area (Å²) in [5.74, 6) is -0.205. The smallest absolute Gasteiger partial charge is 0.136 e. The van der Waals surface area contributed by atoms with E-state index in [1.165, 1.54) is 11.6 Å². The van der Waals surface area contributed by atoms with Gasteiger partial charge in [-0.25, -0.2) is 4.39 Å². The highest BCUT2D eigenvalue weighted by Crippen LogP contribution is 2.33. The van der Waals surface area contributed by atoms with Crippen LogP contribution in [0.25, 0.3) is 0 Å². The third kappa shape index (κ3) is 2.61. The number of halogens is 1. The van der Waals surface area contributed by atoms with E-state index >= 15 is 0 Å². The third-order valence-corrected chi connectivity index (χ3v) is 4.06. The number of rotatable bonds is 3. The van der Waals surface area contributed by atoms with Crippen molar-refractivity contribution in [2.45, 2.75) is 12.3 Å². The van der Waals surface area contributed by atoms with Gasteiger partial charge in [0.2, 0.25) is 0 Å². The van der Waals surface area contributed by atoms with Crippen molar-refractivity contribution in [2.75, 3.05) is 18.0 Å². The highest BCUT2D eigenvalue weighted by molar-refractivity contribution is 6.00. The summed E-state index contributed by atoms with van der Waals surface area (Å²) in [7, 11) is 0. The van der Waals surface area contributed by atoms with E-state index in [-0.39, 0.29) is 11.4 Å². The van der Waals surface area contributed by atoms with Crippen molar-refractivity contribution in [1.29, 1.82) is 5.41 Å². The maximum Gasteiger partial charge on any atom is 0.136 e. The molecule has 1 atom stereocenters. The summed E-state index contributed by atoms with van der Waals surface area (Å²) in [6, 6.07) is 15.2. The number of nitrogens with one attached hydrogen (secondary N) is 1. The Labute approximate surface area is 123 Å². The first kappa shape index (κ1) is 13.6. The number of nitrogens with zero attached hydrogens (tertiary/aromatic N) is 1. The second kappa shape index (κ2) is 5.56. The van der Waals surface area contributed by atoms with E-state index in [1.807, 2.05) is 24.3 Å². The fourth-order valence-electron chi connectivity index (χ4n) is 3.02. The van der Waals surface area contributed by atoms with Gasteiger partial charge in [-0.3, -0.25) is 5.41 Å². The lowest BCUT2D eigenvalue weighted by Crippen LogP contribution is -2.25. The van der Waals surface area contributed by atoms with Crippen LogP contribution >= 0.6 is 0 Å². The molecule has 1 saturated heterocycles. The lowest BCUT2D eigenvalue weighted by Gasteiger charge is -2.22. The zero-order chi connectivity index (χ0) is 14.8.